The van der Waals surface area contributed by atoms with E-state index in [4.69, 9.17) is 4.98 Å². The Morgan fingerprint density at radius 3 is 2.73 bits per heavy atom. The number of fused-ring (bicyclic) bond motifs is 1. The van der Waals surface area contributed by atoms with Crippen molar-refractivity contribution in [3.63, 3.8) is 0 Å². The number of nitro benzene ring substituents is 1. The van der Waals surface area contributed by atoms with Gasteiger partial charge in [0.2, 0.25) is 0 Å². The predicted molar refractivity (Wildman–Crippen MR) is 87.2 cm³/mol. The Morgan fingerprint density at radius 1 is 1.36 bits per heavy atom. The van der Waals surface area contributed by atoms with Crippen LogP contribution < -0.4 is 0 Å². The van der Waals surface area contributed by atoms with Gasteiger partial charge in [-0.15, -0.1) is 0 Å². The highest BCUT2D eigenvalue weighted by molar-refractivity contribution is 5.79. The highest BCUT2D eigenvalue weighted by atomic mass is 16.6. The van der Waals surface area contributed by atoms with Crippen LogP contribution in [0.1, 0.15) is 70.2 Å². The Balaban J connectivity index is 2.13. The van der Waals surface area contributed by atoms with E-state index in [1.807, 2.05) is 6.07 Å². The molecule has 2 aromatic rings. The van der Waals surface area contributed by atoms with Crippen molar-refractivity contribution in [1.82, 2.24) is 9.55 Å². The molecule has 1 saturated carbocycles. The number of nitrogens with zero attached hydrogens (tertiary/aromatic N) is 3. The molecule has 5 nitrogen and oxygen atoms in total. The summed E-state index contributed by atoms with van der Waals surface area (Å²) in [6.45, 7) is 4.38. The summed E-state index contributed by atoms with van der Waals surface area (Å²) in [5, 5.41) is 11.0. The maximum Gasteiger partial charge on any atom is 0.271 e. The van der Waals surface area contributed by atoms with Crippen LogP contribution in [0.2, 0.25) is 0 Å². The van der Waals surface area contributed by atoms with Gasteiger partial charge < -0.3 is 4.57 Å². The van der Waals surface area contributed by atoms with E-state index in [0.29, 0.717) is 12.0 Å². The van der Waals surface area contributed by atoms with E-state index < -0.39 is 0 Å². The summed E-state index contributed by atoms with van der Waals surface area (Å²) in [6, 6.07) is 5.43. The highest BCUT2D eigenvalue weighted by Crippen LogP contribution is 2.36. The van der Waals surface area contributed by atoms with Crippen molar-refractivity contribution >= 4 is 16.7 Å². The Kier molecular flexibility index (Phi) is 4.14. The van der Waals surface area contributed by atoms with Crippen LogP contribution in [0.15, 0.2) is 18.2 Å². The quantitative estimate of drug-likeness (QED) is 0.592. The first-order valence-electron chi connectivity index (χ1n) is 8.28. The number of aromatic nitrogens is 2. The van der Waals surface area contributed by atoms with Gasteiger partial charge in [0, 0.05) is 24.1 Å². The molecule has 1 aliphatic rings. The van der Waals surface area contributed by atoms with Gasteiger partial charge in [-0.3, -0.25) is 10.1 Å². The summed E-state index contributed by atoms with van der Waals surface area (Å²) in [5.41, 5.74) is 1.91. The zero-order chi connectivity index (χ0) is 15.7. The van der Waals surface area contributed by atoms with Gasteiger partial charge in [-0.2, -0.15) is 0 Å². The summed E-state index contributed by atoms with van der Waals surface area (Å²) in [7, 11) is 0. The SMILES string of the molecule is CC[C@H](C)n1c(C2CCCCC2)nc2cc([N+](=O)[O-])ccc21. The molecule has 1 atom stereocenters. The highest BCUT2D eigenvalue weighted by Gasteiger charge is 2.25. The molecule has 3 rings (SSSR count). The fourth-order valence-electron chi connectivity index (χ4n) is 3.51. The number of benzene rings is 1. The maximum atomic E-state index is 11.0. The third-order valence-electron chi connectivity index (χ3n) is 4.91. The van der Waals surface area contributed by atoms with Crippen molar-refractivity contribution in [3.05, 3.63) is 34.1 Å². The fraction of sp³-hybridized carbons (Fsp3) is 0.588. The normalized spacial score (nSPS) is 17.7. The van der Waals surface area contributed by atoms with Crippen LogP contribution in [0, 0.1) is 10.1 Å². The Hall–Kier alpha value is -1.91. The molecular formula is C17H23N3O2. The zero-order valence-corrected chi connectivity index (χ0v) is 13.3. The minimum absolute atomic E-state index is 0.122. The topological polar surface area (TPSA) is 61.0 Å². The van der Waals surface area contributed by atoms with Gasteiger partial charge in [0.1, 0.15) is 5.82 Å². The third-order valence-corrected chi connectivity index (χ3v) is 4.91. The standard InChI is InChI=1S/C17H23N3O2/c1-3-12(2)19-16-10-9-14(20(21)22)11-15(16)18-17(19)13-7-5-4-6-8-13/h9-13H,3-8H2,1-2H3/t12-/m0/s1. The molecule has 0 unspecified atom stereocenters. The molecule has 1 heterocycles. The van der Waals surface area contributed by atoms with E-state index in [-0.39, 0.29) is 10.6 Å². The molecule has 1 fully saturated rings. The number of rotatable bonds is 4. The van der Waals surface area contributed by atoms with E-state index in [1.54, 1.807) is 12.1 Å². The molecule has 0 aliphatic heterocycles. The van der Waals surface area contributed by atoms with E-state index in [2.05, 4.69) is 18.4 Å². The third kappa shape index (κ3) is 2.60. The van der Waals surface area contributed by atoms with Crippen molar-refractivity contribution < 1.29 is 4.92 Å². The minimum Gasteiger partial charge on any atom is -0.325 e. The fourth-order valence-corrected chi connectivity index (χ4v) is 3.51. The largest absolute Gasteiger partial charge is 0.325 e. The zero-order valence-electron chi connectivity index (χ0n) is 13.3. The first-order valence-corrected chi connectivity index (χ1v) is 8.28. The van der Waals surface area contributed by atoms with Gasteiger partial charge in [-0.1, -0.05) is 26.2 Å². The van der Waals surface area contributed by atoms with Crippen molar-refractivity contribution in [2.24, 2.45) is 0 Å². The summed E-state index contributed by atoms with van der Waals surface area (Å²) < 4.78 is 2.31. The lowest BCUT2D eigenvalue weighted by molar-refractivity contribution is -0.384. The molecule has 1 aromatic heterocycles. The van der Waals surface area contributed by atoms with Crippen LogP contribution in [0.3, 0.4) is 0 Å². The average Bonchev–Trinajstić information content (AvgIpc) is 2.93. The lowest BCUT2D eigenvalue weighted by atomic mass is 9.88. The first-order chi connectivity index (χ1) is 10.6. The number of imidazole rings is 1. The summed E-state index contributed by atoms with van der Waals surface area (Å²) in [4.78, 5) is 15.5. The van der Waals surface area contributed by atoms with E-state index in [0.717, 1.165) is 23.3 Å². The number of non-ortho nitro benzene ring substituents is 1. The van der Waals surface area contributed by atoms with Crippen molar-refractivity contribution in [2.45, 2.75) is 64.3 Å². The molecule has 0 spiro atoms. The average molecular weight is 301 g/mol. The second-order valence-electron chi connectivity index (χ2n) is 6.36. The van der Waals surface area contributed by atoms with Crippen molar-refractivity contribution in [2.75, 3.05) is 0 Å². The van der Waals surface area contributed by atoms with Crippen LogP contribution in [-0.4, -0.2) is 14.5 Å². The van der Waals surface area contributed by atoms with E-state index in [9.17, 15) is 10.1 Å². The van der Waals surface area contributed by atoms with Crippen molar-refractivity contribution in [1.29, 1.82) is 0 Å². The Bertz CT molecular complexity index is 687. The molecule has 1 aliphatic carbocycles. The van der Waals surface area contributed by atoms with Crippen LogP contribution in [-0.2, 0) is 0 Å². The van der Waals surface area contributed by atoms with Crippen LogP contribution >= 0.6 is 0 Å². The summed E-state index contributed by atoms with van der Waals surface area (Å²) >= 11 is 0. The van der Waals surface area contributed by atoms with Gasteiger partial charge in [0.15, 0.2) is 0 Å². The first kappa shape index (κ1) is 15.0. The van der Waals surface area contributed by atoms with Crippen LogP contribution in [0.5, 0.6) is 0 Å². The monoisotopic (exact) mass is 301 g/mol. The molecule has 0 radical (unpaired) electrons. The molecular weight excluding hydrogens is 278 g/mol. The molecule has 0 bridgehead atoms. The lowest BCUT2D eigenvalue weighted by Crippen LogP contribution is -2.14. The number of hydrogen-bond donors (Lipinski definition) is 0. The Morgan fingerprint density at radius 2 is 2.09 bits per heavy atom. The van der Waals surface area contributed by atoms with E-state index >= 15 is 0 Å². The van der Waals surface area contributed by atoms with Gasteiger partial charge in [0.05, 0.1) is 16.0 Å². The smallest absolute Gasteiger partial charge is 0.271 e. The van der Waals surface area contributed by atoms with Gasteiger partial charge >= 0.3 is 0 Å². The van der Waals surface area contributed by atoms with Gasteiger partial charge in [-0.25, -0.2) is 4.98 Å². The van der Waals surface area contributed by atoms with Crippen LogP contribution in [0.4, 0.5) is 5.69 Å². The van der Waals surface area contributed by atoms with Gasteiger partial charge in [0.25, 0.3) is 5.69 Å². The van der Waals surface area contributed by atoms with Gasteiger partial charge in [-0.05, 0) is 32.3 Å². The number of nitro groups is 1. The molecule has 0 amide bonds. The molecule has 118 valence electrons. The predicted octanol–water partition coefficient (Wildman–Crippen LogP) is 4.96. The molecule has 0 saturated heterocycles. The van der Waals surface area contributed by atoms with Crippen molar-refractivity contribution in [3.8, 4) is 0 Å². The lowest BCUT2D eigenvalue weighted by Gasteiger charge is -2.24. The maximum absolute atomic E-state index is 11.0. The molecule has 0 N–H and O–H groups in total. The number of hydrogen-bond acceptors (Lipinski definition) is 3. The summed E-state index contributed by atoms with van der Waals surface area (Å²) in [6.07, 6.45) is 7.22. The van der Waals surface area contributed by atoms with Crippen LogP contribution in [0.25, 0.3) is 11.0 Å². The molecule has 5 heteroatoms. The molecule has 22 heavy (non-hydrogen) atoms. The second-order valence-corrected chi connectivity index (χ2v) is 6.36. The summed E-state index contributed by atoms with van der Waals surface area (Å²) in [5.74, 6) is 1.62. The van der Waals surface area contributed by atoms with E-state index in [1.165, 1.54) is 32.1 Å². The minimum atomic E-state index is -0.345. The Labute approximate surface area is 130 Å². The molecule has 1 aromatic carbocycles. The second kappa shape index (κ2) is 6.07.